The molecule has 0 aliphatic rings. The van der Waals surface area contributed by atoms with Crippen LogP contribution in [0.25, 0.3) is 0 Å². The lowest BCUT2D eigenvalue weighted by Gasteiger charge is -2.13. The lowest BCUT2D eigenvalue weighted by molar-refractivity contribution is 0.600. The van der Waals surface area contributed by atoms with Gasteiger partial charge in [0.15, 0.2) is 0 Å². The summed E-state index contributed by atoms with van der Waals surface area (Å²) in [6.07, 6.45) is 0.755. The summed E-state index contributed by atoms with van der Waals surface area (Å²) in [6, 6.07) is 12.5. The molecule has 2 aromatic rings. The van der Waals surface area contributed by atoms with E-state index < -0.39 is 10.0 Å². The van der Waals surface area contributed by atoms with Gasteiger partial charge < -0.3 is 0 Å². The highest BCUT2D eigenvalue weighted by molar-refractivity contribution is 9.10. The molecule has 0 radical (unpaired) electrons. The molecule has 0 saturated heterocycles. The molecule has 0 heterocycles. The van der Waals surface area contributed by atoms with E-state index in [-0.39, 0.29) is 0 Å². The normalized spacial score (nSPS) is 11.3. The molecule has 20 heavy (non-hydrogen) atoms. The lowest BCUT2D eigenvalue weighted by Crippen LogP contribution is -2.15. The van der Waals surface area contributed by atoms with Crippen LogP contribution in [0.2, 0.25) is 0 Å². The van der Waals surface area contributed by atoms with Gasteiger partial charge in [-0.1, -0.05) is 41.1 Å². The SMILES string of the molecule is CCc1cc(Br)ccc1NS(=O)(=O)c1ccccc1C. The Morgan fingerprint density at radius 1 is 1.15 bits per heavy atom. The average Bonchev–Trinajstić information content (AvgIpc) is 2.41. The molecule has 3 nitrogen and oxygen atoms in total. The maximum atomic E-state index is 12.5. The van der Waals surface area contributed by atoms with E-state index in [1.165, 1.54) is 0 Å². The molecule has 0 bridgehead atoms. The highest BCUT2D eigenvalue weighted by atomic mass is 79.9. The molecule has 106 valence electrons. The van der Waals surface area contributed by atoms with Gasteiger partial charge in [-0.25, -0.2) is 8.42 Å². The van der Waals surface area contributed by atoms with Crippen LogP contribution in [0.3, 0.4) is 0 Å². The van der Waals surface area contributed by atoms with Crippen LogP contribution in [0.15, 0.2) is 51.8 Å². The smallest absolute Gasteiger partial charge is 0.262 e. The first-order valence-corrected chi connectivity index (χ1v) is 8.58. The van der Waals surface area contributed by atoms with E-state index in [9.17, 15) is 8.42 Å². The summed E-state index contributed by atoms with van der Waals surface area (Å²) in [5, 5.41) is 0. The Morgan fingerprint density at radius 2 is 1.85 bits per heavy atom. The van der Waals surface area contributed by atoms with Crippen LogP contribution in [-0.2, 0) is 16.4 Å². The third-order valence-corrected chi connectivity index (χ3v) is 5.09. The van der Waals surface area contributed by atoms with Crippen molar-refractivity contribution in [1.29, 1.82) is 0 Å². The van der Waals surface area contributed by atoms with Gasteiger partial charge in [0.1, 0.15) is 0 Å². The van der Waals surface area contributed by atoms with Gasteiger partial charge in [0.25, 0.3) is 10.0 Å². The predicted molar refractivity (Wildman–Crippen MR) is 85.5 cm³/mol. The van der Waals surface area contributed by atoms with Crippen LogP contribution < -0.4 is 4.72 Å². The maximum absolute atomic E-state index is 12.5. The van der Waals surface area contributed by atoms with Crippen LogP contribution in [0.5, 0.6) is 0 Å². The highest BCUT2D eigenvalue weighted by Crippen LogP contribution is 2.25. The first-order valence-electron chi connectivity index (χ1n) is 6.31. The number of sulfonamides is 1. The summed E-state index contributed by atoms with van der Waals surface area (Å²) < 4.78 is 28.5. The van der Waals surface area contributed by atoms with Crippen molar-refractivity contribution in [2.24, 2.45) is 0 Å². The van der Waals surface area contributed by atoms with E-state index in [4.69, 9.17) is 0 Å². The summed E-state index contributed by atoms with van der Waals surface area (Å²) in [4.78, 5) is 0.310. The van der Waals surface area contributed by atoms with Gasteiger partial charge in [-0.15, -0.1) is 0 Å². The summed E-state index contributed by atoms with van der Waals surface area (Å²) >= 11 is 3.40. The van der Waals surface area contributed by atoms with E-state index >= 15 is 0 Å². The zero-order valence-electron chi connectivity index (χ0n) is 11.4. The predicted octanol–water partition coefficient (Wildman–Crippen LogP) is 4.12. The molecule has 0 fully saturated rings. The van der Waals surface area contributed by atoms with Crippen LogP contribution in [-0.4, -0.2) is 8.42 Å². The molecule has 0 aliphatic carbocycles. The summed E-state index contributed by atoms with van der Waals surface area (Å²) in [7, 11) is -3.55. The van der Waals surface area contributed by atoms with Gasteiger partial charge in [0.2, 0.25) is 0 Å². The fourth-order valence-corrected chi connectivity index (χ4v) is 3.77. The van der Waals surface area contributed by atoms with Crippen molar-refractivity contribution < 1.29 is 8.42 Å². The van der Waals surface area contributed by atoms with E-state index in [0.717, 1.165) is 22.0 Å². The van der Waals surface area contributed by atoms with Gasteiger partial charge >= 0.3 is 0 Å². The van der Waals surface area contributed by atoms with E-state index in [0.29, 0.717) is 10.6 Å². The number of nitrogens with one attached hydrogen (secondary N) is 1. The zero-order valence-corrected chi connectivity index (χ0v) is 13.8. The Balaban J connectivity index is 2.41. The van der Waals surface area contributed by atoms with Gasteiger partial charge in [0, 0.05) is 4.47 Å². The second kappa shape index (κ2) is 5.97. The van der Waals surface area contributed by atoms with Gasteiger partial charge in [0.05, 0.1) is 10.6 Å². The van der Waals surface area contributed by atoms with Crippen molar-refractivity contribution in [2.75, 3.05) is 4.72 Å². The Labute approximate surface area is 128 Å². The third kappa shape index (κ3) is 3.22. The number of hydrogen-bond acceptors (Lipinski definition) is 2. The van der Waals surface area contributed by atoms with E-state index in [1.807, 2.05) is 25.1 Å². The minimum absolute atomic E-state index is 0.310. The van der Waals surface area contributed by atoms with Crippen LogP contribution in [0, 0.1) is 6.92 Å². The van der Waals surface area contributed by atoms with Crippen LogP contribution >= 0.6 is 15.9 Å². The zero-order chi connectivity index (χ0) is 14.8. The van der Waals surface area contributed by atoms with Crippen molar-refractivity contribution in [3.8, 4) is 0 Å². The number of benzene rings is 2. The standard InChI is InChI=1S/C15H16BrNO2S/c1-3-12-10-13(16)8-9-14(12)17-20(18,19)15-7-5-4-6-11(15)2/h4-10,17H,3H2,1-2H3. The monoisotopic (exact) mass is 353 g/mol. The van der Waals surface area contributed by atoms with Crippen molar-refractivity contribution in [2.45, 2.75) is 25.2 Å². The minimum atomic E-state index is -3.55. The summed E-state index contributed by atoms with van der Waals surface area (Å²) in [5.74, 6) is 0. The van der Waals surface area contributed by atoms with Crippen molar-refractivity contribution >= 4 is 31.6 Å². The van der Waals surface area contributed by atoms with Crippen molar-refractivity contribution in [1.82, 2.24) is 0 Å². The fraction of sp³-hybridized carbons (Fsp3) is 0.200. The third-order valence-electron chi connectivity index (χ3n) is 3.08. The Hall–Kier alpha value is -1.33. The molecule has 0 aliphatic heterocycles. The van der Waals surface area contributed by atoms with Gasteiger partial charge in [-0.3, -0.25) is 4.72 Å². The number of halogens is 1. The molecule has 5 heteroatoms. The molecule has 0 aromatic heterocycles. The fourth-order valence-electron chi connectivity index (χ4n) is 2.01. The molecule has 0 spiro atoms. The van der Waals surface area contributed by atoms with Gasteiger partial charge in [-0.2, -0.15) is 0 Å². The Morgan fingerprint density at radius 3 is 2.50 bits per heavy atom. The maximum Gasteiger partial charge on any atom is 0.262 e. The van der Waals surface area contributed by atoms with Gasteiger partial charge in [-0.05, 0) is 48.7 Å². The topological polar surface area (TPSA) is 46.2 Å². The number of hydrogen-bond donors (Lipinski definition) is 1. The second-order valence-corrected chi connectivity index (χ2v) is 7.09. The van der Waals surface area contributed by atoms with Crippen LogP contribution in [0.4, 0.5) is 5.69 Å². The molecular weight excluding hydrogens is 338 g/mol. The van der Waals surface area contributed by atoms with Crippen molar-refractivity contribution in [3.05, 3.63) is 58.1 Å². The quantitative estimate of drug-likeness (QED) is 0.898. The molecule has 0 atom stereocenters. The molecule has 1 N–H and O–H groups in total. The lowest BCUT2D eigenvalue weighted by atomic mass is 10.1. The first-order chi connectivity index (χ1) is 9.44. The average molecular weight is 354 g/mol. The molecule has 0 unspecified atom stereocenters. The molecule has 2 aromatic carbocycles. The van der Waals surface area contributed by atoms with E-state index in [1.54, 1.807) is 31.2 Å². The number of anilines is 1. The second-order valence-electron chi connectivity index (χ2n) is 4.53. The summed E-state index contributed by atoms with van der Waals surface area (Å²) in [5.41, 5.74) is 2.31. The summed E-state index contributed by atoms with van der Waals surface area (Å²) in [6.45, 7) is 3.78. The largest absolute Gasteiger partial charge is 0.279 e. The first kappa shape index (κ1) is 15.1. The minimum Gasteiger partial charge on any atom is -0.279 e. The molecule has 2 rings (SSSR count). The number of rotatable bonds is 4. The molecule has 0 saturated carbocycles. The molecule has 0 amide bonds. The van der Waals surface area contributed by atoms with E-state index in [2.05, 4.69) is 20.7 Å². The molecular formula is C15H16BrNO2S. The number of aryl methyl sites for hydroxylation is 2. The van der Waals surface area contributed by atoms with Crippen LogP contribution in [0.1, 0.15) is 18.1 Å². The van der Waals surface area contributed by atoms with Crippen molar-refractivity contribution in [3.63, 3.8) is 0 Å². The Bertz CT molecular complexity index is 726. The Kier molecular flexibility index (Phi) is 4.50. The highest BCUT2D eigenvalue weighted by Gasteiger charge is 2.17.